The molecule has 1 aromatic carbocycles. The Labute approximate surface area is 135 Å². The van der Waals surface area contributed by atoms with E-state index < -0.39 is 0 Å². The number of hydrogen-bond acceptors (Lipinski definition) is 2. The van der Waals surface area contributed by atoms with Crippen LogP contribution in [0.1, 0.15) is 19.8 Å². The first-order chi connectivity index (χ1) is 10.0. The number of anilines is 1. The standard InChI is InChI=1S/C15H20ClN3OS/c1-11(20)19-8-6-12(7-9-19)10-17-15(21)18-14-4-2-13(16)3-5-14/h2-5,12H,6-10H2,1H3,(H2,17,18,21). The van der Waals surface area contributed by atoms with E-state index >= 15 is 0 Å². The van der Waals surface area contributed by atoms with Crippen LogP contribution in [0.5, 0.6) is 0 Å². The molecule has 1 aliphatic rings. The van der Waals surface area contributed by atoms with Crippen LogP contribution in [0.2, 0.25) is 5.02 Å². The molecular weight excluding hydrogens is 306 g/mol. The summed E-state index contributed by atoms with van der Waals surface area (Å²) in [4.78, 5) is 13.2. The molecule has 0 atom stereocenters. The Kier molecular flexibility index (Phi) is 5.82. The molecule has 114 valence electrons. The maximum atomic E-state index is 11.3. The Morgan fingerprint density at radius 2 is 1.95 bits per heavy atom. The first-order valence-corrected chi connectivity index (χ1v) is 7.89. The first-order valence-electron chi connectivity index (χ1n) is 7.10. The van der Waals surface area contributed by atoms with Gasteiger partial charge in [-0.25, -0.2) is 0 Å². The molecule has 1 amide bonds. The van der Waals surface area contributed by atoms with Crippen molar-refractivity contribution in [2.75, 3.05) is 25.0 Å². The molecule has 1 fully saturated rings. The second-order valence-electron chi connectivity index (χ2n) is 5.29. The van der Waals surface area contributed by atoms with Crippen LogP contribution >= 0.6 is 23.8 Å². The van der Waals surface area contributed by atoms with Gasteiger partial charge in [0.1, 0.15) is 0 Å². The summed E-state index contributed by atoms with van der Waals surface area (Å²) in [6.07, 6.45) is 2.05. The minimum Gasteiger partial charge on any atom is -0.362 e. The average molecular weight is 326 g/mol. The molecule has 0 aromatic heterocycles. The van der Waals surface area contributed by atoms with E-state index in [1.54, 1.807) is 6.92 Å². The lowest BCUT2D eigenvalue weighted by Gasteiger charge is -2.31. The van der Waals surface area contributed by atoms with Gasteiger partial charge in [-0.1, -0.05) is 11.6 Å². The fourth-order valence-corrected chi connectivity index (χ4v) is 2.72. The highest BCUT2D eigenvalue weighted by molar-refractivity contribution is 7.80. The maximum absolute atomic E-state index is 11.3. The normalized spacial score (nSPS) is 15.6. The van der Waals surface area contributed by atoms with Gasteiger partial charge in [0.25, 0.3) is 0 Å². The third-order valence-corrected chi connectivity index (χ3v) is 4.21. The molecule has 1 heterocycles. The lowest BCUT2D eigenvalue weighted by Crippen LogP contribution is -2.41. The van der Waals surface area contributed by atoms with Gasteiger partial charge in [-0.05, 0) is 55.2 Å². The topological polar surface area (TPSA) is 44.4 Å². The van der Waals surface area contributed by atoms with E-state index in [-0.39, 0.29) is 5.91 Å². The molecule has 0 unspecified atom stereocenters. The van der Waals surface area contributed by atoms with Crippen LogP contribution in [0.15, 0.2) is 24.3 Å². The smallest absolute Gasteiger partial charge is 0.219 e. The fraction of sp³-hybridized carbons (Fsp3) is 0.467. The molecule has 0 aliphatic carbocycles. The van der Waals surface area contributed by atoms with Gasteiger partial charge in [0.15, 0.2) is 5.11 Å². The summed E-state index contributed by atoms with van der Waals surface area (Å²) in [5.41, 5.74) is 0.920. The van der Waals surface area contributed by atoms with Crippen LogP contribution in [-0.2, 0) is 4.79 Å². The number of rotatable bonds is 3. The number of carbonyl (C=O) groups is 1. The van der Waals surface area contributed by atoms with E-state index in [1.165, 1.54) is 0 Å². The van der Waals surface area contributed by atoms with E-state index in [4.69, 9.17) is 23.8 Å². The molecule has 0 spiro atoms. The molecule has 0 radical (unpaired) electrons. The molecule has 0 bridgehead atoms. The molecule has 4 nitrogen and oxygen atoms in total. The van der Waals surface area contributed by atoms with Crippen molar-refractivity contribution in [3.8, 4) is 0 Å². The Morgan fingerprint density at radius 3 is 2.52 bits per heavy atom. The number of benzene rings is 1. The number of amides is 1. The molecule has 2 N–H and O–H groups in total. The van der Waals surface area contributed by atoms with Crippen molar-refractivity contribution in [1.29, 1.82) is 0 Å². The van der Waals surface area contributed by atoms with E-state index in [9.17, 15) is 4.79 Å². The number of piperidine rings is 1. The van der Waals surface area contributed by atoms with Crippen molar-refractivity contribution in [1.82, 2.24) is 10.2 Å². The van der Waals surface area contributed by atoms with Crippen molar-refractivity contribution < 1.29 is 4.79 Å². The number of likely N-dealkylation sites (tertiary alicyclic amines) is 1. The van der Waals surface area contributed by atoms with Crippen LogP contribution < -0.4 is 10.6 Å². The second-order valence-corrected chi connectivity index (χ2v) is 6.14. The minimum atomic E-state index is 0.168. The van der Waals surface area contributed by atoms with Crippen LogP contribution in [-0.4, -0.2) is 35.6 Å². The predicted octanol–water partition coefficient (Wildman–Crippen LogP) is 2.88. The molecule has 21 heavy (non-hydrogen) atoms. The number of carbonyl (C=O) groups excluding carboxylic acids is 1. The highest BCUT2D eigenvalue weighted by Crippen LogP contribution is 2.17. The highest BCUT2D eigenvalue weighted by atomic mass is 35.5. The SMILES string of the molecule is CC(=O)N1CCC(CNC(=S)Nc2ccc(Cl)cc2)CC1. The number of thiocarbonyl (C=S) groups is 1. The van der Waals surface area contributed by atoms with Crippen LogP contribution in [0.25, 0.3) is 0 Å². The third kappa shape index (κ3) is 5.17. The number of halogens is 1. The van der Waals surface area contributed by atoms with Crippen molar-refractivity contribution in [2.24, 2.45) is 5.92 Å². The summed E-state index contributed by atoms with van der Waals surface area (Å²) in [7, 11) is 0. The quantitative estimate of drug-likeness (QED) is 0.839. The van der Waals surface area contributed by atoms with E-state index in [0.717, 1.165) is 38.2 Å². The lowest BCUT2D eigenvalue weighted by atomic mass is 9.97. The van der Waals surface area contributed by atoms with Crippen molar-refractivity contribution in [3.05, 3.63) is 29.3 Å². The summed E-state index contributed by atoms with van der Waals surface area (Å²) < 4.78 is 0. The summed E-state index contributed by atoms with van der Waals surface area (Å²) >= 11 is 11.1. The zero-order valence-corrected chi connectivity index (χ0v) is 13.6. The Balaban J connectivity index is 1.70. The van der Waals surface area contributed by atoms with Gasteiger partial charge in [-0.3, -0.25) is 4.79 Å². The summed E-state index contributed by atoms with van der Waals surface area (Å²) in [5, 5.41) is 7.70. The predicted molar refractivity (Wildman–Crippen MR) is 90.7 cm³/mol. The average Bonchev–Trinajstić information content (AvgIpc) is 2.48. The maximum Gasteiger partial charge on any atom is 0.219 e. The van der Waals surface area contributed by atoms with Crippen molar-refractivity contribution in [3.63, 3.8) is 0 Å². The van der Waals surface area contributed by atoms with Crippen molar-refractivity contribution >= 4 is 40.5 Å². The van der Waals surface area contributed by atoms with E-state index in [0.29, 0.717) is 16.1 Å². The molecule has 0 saturated carbocycles. The molecule has 1 aliphatic heterocycles. The van der Waals surface area contributed by atoms with Crippen LogP contribution in [0.4, 0.5) is 5.69 Å². The molecule has 1 aromatic rings. The largest absolute Gasteiger partial charge is 0.362 e. The first kappa shape index (κ1) is 16.0. The number of hydrogen-bond donors (Lipinski definition) is 2. The van der Waals surface area contributed by atoms with Gasteiger partial charge < -0.3 is 15.5 Å². The Bertz CT molecular complexity index is 498. The van der Waals surface area contributed by atoms with E-state index in [2.05, 4.69) is 10.6 Å². The Morgan fingerprint density at radius 1 is 1.33 bits per heavy atom. The van der Waals surface area contributed by atoms with Gasteiger partial charge in [0, 0.05) is 37.3 Å². The van der Waals surface area contributed by atoms with Gasteiger partial charge in [-0.15, -0.1) is 0 Å². The molecular formula is C15H20ClN3OS. The monoisotopic (exact) mass is 325 g/mol. The van der Waals surface area contributed by atoms with Crippen LogP contribution in [0, 0.1) is 5.92 Å². The minimum absolute atomic E-state index is 0.168. The Hall–Kier alpha value is -1.33. The summed E-state index contributed by atoms with van der Waals surface area (Å²) in [6.45, 7) is 4.16. The number of nitrogens with zero attached hydrogens (tertiary/aromatic N) is 1. The summed E-state index contributed by atoms with van der Waals surface area (Å²) in [6, 6.07) is 7.43. The van der Waals surface area contributed by atoms with E-state index in [1.807, 2.05) is 29.2 Å². The molecule has 2 rings (SSSR count). The van der Waals surface area contributed by atoms with Gasteiger partial charge in [-0.2, -0.15) is 0 Å². The summed E-state index contributed by atoms with van der Waals surface area (Å²) in [5.74, 6) is 0.729. The van der Waals surface area contributed by atoms with Gasteiger partial charge in [0.2, 0.25) is 5.91 Å². The van der Waals surface area contributed by atoms with Gasteiger partial charge >= 0.3 is 0 Å². The van der Waals surface area contributed by atoms with Gasteiger partial charge in [0.05, 0.1) is 0 Å². The zero-order chi connectivity index (χ0) is 15.2. The fourth-order valence-electron chi connectivity index (χ4n) is 2.40. The number of nitrogens with one attached hydrogen (secondary N) is 2. The van der Waals surface area contributed by atoms with Crippen molar-refractivity contribution in [2.45, 2.75) is 19.8 Å². The third-order valence-electron chi connectivity index (χ3n) is 3.71. The zero-order valence-electron chi connectivity index (χ0n) is 12.1. The second kappa shape index (κ2) is 7.61. The van der Waals surface area contributed by atoms with Crippen LogP contribution in [0.3, 0.4) is 0 Å². The lowest BCUT2D eigenvalue weighted by molar-refractivity contribution is -0.130. The highest BCUT2D eigenvalue weighted by Gasteiger charge is 2.20. The molecule has 6 heteroatoms. The molecule has 1 saturated heterocycles.